The first-order valence-electron chi connectivity index (χ1n) is 5.40. The minimum atomic E-state index is -1.45. The van der Waals surface area contributed by atoms with E-state index in [4.69, 9.17) is 4.43 Å². The highest BCUT2D eigenvalue weighted by atomic mass is 28.4. The summed E-state index contributed by atoms with van der Waals surface area (Å²) in [4.78, 5) is 0. The van der Waals surface area contributed by atoms with Crippen molar-refractivity contribution in [1.82, 2.24) is 0 Å². The average molecular weight is 220 g/mol. The quantitative estimate of drug-likeness (QED) is 0.550. The minimum absolute atomic E-state index is 0.999. The topological polar surface area (TPSA) is 9.23 Å². The van der Waals surface area contributed by atoms with Gasteiger partial charge >= 0.3 is 0 Å². The molecule has 0 radical (unpaired) electrons. The molecule has 0 aromatic heterocycles. The first-order chi connectivity index (χ1) is 7.01. The molecular weight excluding hydrogens is 200 g/mol. The van der Waals surface area contributed by atoms with Gasteiger partial charge in [0.2, 0.25) is 8.32 Å². The molecule has 1 aromatic carbocycles. The Morgan fingerprint density at radius 2 is 1.73 bits per heavy atom. The van der Waals surface area contributed by atoms with Gasteiger partial charge in [0.15, 0.2) is 0 Å². The molecule has 1 rings (SSSR count). The highest BCUT2D eigenvalue weighted by Gasteiger charge is 2.15. The van der Waals surface area contributed by atoms with Gasteiger partial charge in [-0.15, -0.1) is 0 Å². The van der Waals surface area contributed by atoms with Crippen molar-refractivity contribution in [2.45, 2.75) is 33.0 Å². The predicted molar refractivity (Wildman–Crippen MR) is 68.9 cm³/mol. The van der Waals surface area contributed by atoms with E-state index < -0.39 is 8.32 Å². The molecule has 0 spiro atoms. The highest BCUT2D eigenvalue weighted by Crippen LogP contribution is 2.17. The fraction of sp³-hybridized carbons (Fsp3) is 0.385. The van der Waals surface area contributed by atoms with Crippen molar-refractivity contribution in [2.24, 2.45) is 0 Å². The van der Waals surface area contributed by atoms with E-state index in [9.17, 15) is 0 Å². The summed E-state index contributed by atoms with van der Waals surface area (Å²) in [5.74, 6) is 0.999. The van der Waals surface area contributed by atoms with Gasteiger partial charge < -0.3 is 4.43 Å². The normalized spacial score (nSPS) is 12.0. The van der Waals surface area contributed by atoms with Crippen LogP contribution in [0.2, 0.25) is 19.6 Å². The maximum Gasteiger partial charge on any atom is 0.242 e. The average Bonchev–Trinajstić information content (AvgIpc) is 2.14. The standard InChI is InChI=1S/C13H20OSi/c1-5-6-7-12-8-10-13(11-9-12)14-15(2,3)4/h5-6,8-11H,7H2,1-4H3. The molecule has 0 atom stereocenters. The number of rotatable bonds is 4. The summed E-state index contributed by atoms with van der Waals surface area (Å²) in [5.41, 5.74) is 1.33. The smallest absolute Gasteiger partial charge is 0.242 e. The molecule has 15 heavy (non-hydrogen) atoms. The van der Waals surface area contributed by atoms with Crippen LogP contribution < -0.4 is 4.43 Å². The van der Waals surface area contributed by atoms with Crippen molar-refractivity contribution in [3.8, 4) is 5.75 Å². The summed E-state index contributed by atoms with van der Waals surface area (Å²) in [5, 5.41) is 0. The summed E-state index contributed by atoms with van der Waals surface area (Å²) in [7, 11) is -1.45. The van der Waals surface area contributed by atoms with Crippen molar-refractivity contribution in [2.75, 3.05) is 0 Å². The number of hydrogen-bond donors (Lipinski definition) is 0. The molecule has 0 saturated carbocycles. The zero-order valence-corrected chi connectivity index (χ0v) is 11.1. The molecule has 0 amide bonds. The Morgan fingerprint density at radius 3 is 2.20 bits per heavy atom. The van der Waals surface area contributed by atoms with Gasteiger partial charge in [-0.1, -0.05) is 24.3 Å². The predicted octanol–water partition coefficient (Wildman–Crippen LogP) is 4.02. The Hall–Kier alpha value is -1.02. The maximum atomic E-state index is 5.88. The Labute approximate surface area is 93.9 Å². The van der Waals surface area contributed by atoms with E-state index in [1.807, 2.05) is 6.92 Å². The summed E-state index contributed by atoms with van der Waals surface area (Å²) in [6.45, 7) is 8.63. The molecule has 1 aromatic rings. The molecular formula is C13H20OSi. The first kappa shape index (κ1) is 12.0. The van der Waals surface area contributed by atoms with Crippen LogP contribution in [0, 0.1) is 0 Å². The zero-order valence-electron chi connectivity index (χ0n) is 10.1. The van der Waals surface area contributed by atoms with E-state index in [-0.39, 0.29) is 0 Å². The SMILES string of the molecule is CC=CCc1ccc(O[Si](C)(C)C)cc1. The van der Waals surface area contributed by atoms with Gasteiger partial charge in [0.1, 0.15) is 5.75 Å². The van der Waals surface area contributed by atoms with Gasteiger partial charge in [-0.05, 0) is 50.7 Å². The van der Waals surface area contributed by atoms with Gasteiger partial charge in [-0.25, -0.2) is 0 Å². The van der Waals surface area contributed by atoms with Gasteiger partial charge in [0.05, 0.1) is 0 Å². The summed E-state index contributed by atoms with van der Waals surface area (Å²) < 4.78 is 5.88. The molecule has 82 valence electrons. The lowest BCUT2D eigenvalue weighted by atomic mass is 10.1. The van der Waals surface area contributed by atoms with E-state index >= 15 is 0 Å². The van der Waals surface area contributed by atoms with Crippen LogP contribution in [0.15, 0.2) is 36.4 Å². The van der Waals surface area contributed by atoms with E-state index in [2.05, 4.69) is 56.1 Å². The van der Waals surface area contributed by atoms with Gasteiger partial charge in [0, 0.05) is 0 Å². The van der Waals surface area contributed by atoms with E-state index in [1.165, 1.54) is 5.56 Å². The third-order valence-corrected chi connectivity index (χ3v) is 2.78. The molecule has 1 nitrogen and oxygen atoms in total. The number of hydrogen-bond acceptors (Lipinski definition) is 1. The third-order valence-electron chi connectivity index (χ3n) is 1.94. The van der Waals surface area contributed by atoms with Crippen LogP contribution in [0.1, 0.15) is 12.5 Å². The van der Waals surface area contributed by atoms with Crippen molar-refractivity contribution >= 4 is 8.32 Å². The molecule has 0 unspecified atom stereocenters. The van der Waals surface area contributed by atoms with Crippen LogP contribution in [0.25, 0.3) is 0 Å². The Balaban J connectivity index is 2.64. The summed E-state index contributed by atoms with van der Waals surface area (Å²) in [6.07, 6.45) is 5.24. The lowest BCUT2D eigenvalue weighted by molar-refractivity contribution is 0.557. The highest BCUT2D eigenvalue weighted by molar-refractivity contribution is 6.70. The lowest BCUT2D eigenvalue weighted by Gasteiger charge is -2.19. The van der Waals surface area contributed by atoms with Crippen LogP contribution in [0.3, 0.4) is 0 Å². The van der Waals surface area contributed by atoms with Gasteiger partial charge in [0.25, 0.3) is 0 Å². The Morgan fingerprint density at radius 1 is 1.13 bits per heavy atom. The molecule has 0 heterocycles. The minimum Gasteiger partial charge on any atom is -0.544 e. The van der Waals surface area contributed by atoms with Crippen LogP contribution in [0.4, 0.5) is 0 Å². The van der Waals surface area contributed by atoms with E-state index in [1.54, 1.807) is 0 Å². The Bertz CT molecular complexity index is 319. The number of benzene rings is 1. The molecule has 0 aliphatic carbocycles. The number of allylic oxidation sites excluding steroid dienone is 2. The van der Waals surface area contributed by atoms with Gasteiger partial charge in [-0.3, -0.25) is 0 Å². The molecule has 2 heteroatoms. The van der Waals surface area contributed by atoms with Crippen LogP contribution in [-0.4, -0.2) is 8.32 Å². The van der Waals surface area contributed by atoms with Crippen molar-refractivity contribution in [3.63, 3.8) is 0 Å². The molecule has 0 N–H and O–H groups in total. The van der Waals surface area contributed by atoms with Crippen molar-refractivity contribution in [3.05, 3.63) is 42.0 Å². The summed E-state index contributed by atoms with van der Waals surface area (Å²) in [6, 6.07) is 8.40. The molecule has 0 aliphatic rings. The molecule has 0 aliphatic heterocycles. The molecule has 0 fully saturated rings. The fourth-order valence-corrected chi connectivity index (χ4v) is 2.14. The molecule has 0 saturated heterocycles. The monoisotopic (exact) mass is 220 g/mol. The first-order valence-corrected chi connectivity index (χ1v) is 8.81. The lowest BCUT2D eigenvalue weighted by Crippen LogP contribution is -2.29. The van der Waals surface area contributed by atoms with Crippen LogP contribution >= 0.6 is 0 Å². The summed E-state index contributed by atoms with van der Waals surface area (Å²) >= 11 is 0. The second-order valence-corrected chi connectivity index (χ2v) is 9.06. The second-order valence-electron chi connectivity index (χ2n) is 4.63. The van der Waals surface area contributed by atoms with Crippen LogP contribution in [0.5, 0.6) is 5.75 Å². The Kier molecular flexibility index (Phi) is 4.15. The zero-order chi connectivity index (χ0) is 11.3. The van der Waals surface area contributed by atoms with Crippen LogP contribution in [-0.2, 0) is 6.42 Å². The van der Waals surface area contributed by atoms with E-state index in [0.29, 0.717) is 0 Å². The van der Waals surface area contributed by atoms with Gasteiger partial charge in [-0.2, -0.15) is 0 Å². The fourth-order valence-electron chi connectivity index (χ4n) is 1.30. The van der Waals surface area contributed by atoms with Crippen molar-refractivity contribution in [1.29, 1.82) is 0 Å². The maximum absolute atomic E-state index is 5.88. The van der Waals surface area contributed by atoms with E-state index in [0.717, 1.165) is 12.2 Å². The molecule has 0 bridgehead atoms. The second kappa shape index (κ2) is 5.17. The third kappa shape index (κ3) is 4.84. The largest absolute Gasteiger partial charge is 0.544 e. The van der Waals surface area contributed by atoms with Crippen molar-refractivity contribution < 1.29 is 4.43 Å².